The molecule has 2 saturated carbocycles. The van der Waals surface area contributed by atoms with Crippen LogP contribution in [0.1, 0.15) is 77.6 Å². The lowest BCUT2D eigenvalue weighted by Gasteiger charge is -2.29. The number of carbonyl (C=O) groups excluding carboxylic acids is 1. The van der Waals surface area contributed by atoms with Crippen LogP contribution in [0.25, 0.3) is 0 Å². The summed E-state index contributed by atoms with van der Waals surface area (Å²) in [6.45, 7) is 2.74. The van der Waals surface area contributed by atoms with Crippen molar-refractivity contribution in [3.63, 3.8) is 0 Å². The molecule has 0 aliphatic heterocycles. The molecule has 1 amide bonds. The van der Waals surface area contributed by atoms with Gasteiger partial charge in [-0.2, -0.15) is 0 Å². The largest absolute Gasteiger partial charge is 0.388 e. The minimum atomic E-state index is -0.647. The van der Waals surface area contributed by atoms with Crippen molar-refractivity contribution in [3.8, 4) is 0 Å². The smallest absolute Gasteiger partial charge is 0.220 e. The summed E-state index contributed by atoms with van der Waals surface area (Å²) in [5.41, 5.74) is -0.647. The van der Waals surface area contributed by atoms with Gasteiger partial charge in [-0.05, 0) is 37.5 Å². The fourth-order valence-electron chi connectivity index (χ4n) is 3.91. The fourth-order valence-corrected chi connectivity index (χ4v) is 3.91. The lowest BCUT2D eigenvalue weighted by Crippen LogP contribution is -2.43. The Hall–Kier alpha value is -0.570. The number of hydrogen-bond acceptors (Lipinski definition) is 2. The highest BCUT2D eigenvalue weighted by Crippen LogP contribution is 2.31. The average Bonchev–Trinajstić information content (AvgIpc) is 2.62. The molecule has 0 aromatic heterocycles. The van der Waals surface area contributed by atoms with E-state index in [9.17, 15) is 9.90 Å². The predicted octanol–water partition coefficient (Wildman–Crippen LogP) is 3.40. The van der Waals surface area contributed by atoms with Crippen LogP contribution in [0.3, 0.4) is 0 Å². The second-order valence-electron chi connectivity index (χ2n) is 7.26. The number of amides is 1. The first-order valence-corrected chi connectivity index (χ1v) is 8.56. The second-order valence-corrected chi connectivity index (χ2v) is 7.26. The Morgan fingerprint density at radius 3 is 2.50 bits per heavy atom. The maximum Gasteiger partial charge on any atom is 0.220 e. The minimum absolute atomic E-state index is 0.141. The van der Waals surface area contributed by atoms with E-state index in [4.69, 9.17) is 0 Å². The molecule has 2 aliphatic rings. The van der Waals surface area contributed by atoms with Crippen LogP contribution in [0.2, 0.25) is 0 Å². The van der Waals surface area contributed by atoms with Gasteiger partial charge in [0.05, 0.1) is 5.60 Å². The van der Waals surface area contributed by atoms with Crippen molar-refractivity contribution in [3.05, 3.63) is 0 Å². The number of carbonyl (C=O) groups is 1. The van der Waals surface area contributed by atoms with Crippen LogP contribution in [0, 0.1) is 11.8 Å². The molecule has 2 atom stereocenters. The molecule has 2 aliphatic carbocycles. The lowest BCUT2D eigenvalue weighted by atomic mass is 9.80. The predicted molar refractivity (Wildman–Crippen MR) is 81.4 cm³/mol. The van der Waals surface area contributed by atoms with Crippen molar-refractivity contribution in [2.24, 2.45) is 11.8 Å². The van der Waals surface area contributed by atoms with Gasteiger partial charge in [-0.15, -0.1) is 0 Å². The highest BCUT2D eigenvalue weighted by atomic mass is 16.3. The van der Waals surface area contributed by atoms with Gasteiger partial charge in [0.15, 0.2) is 0 Å². The molecular formula is C17H31NO2. The van der Waals surface area contributed by atoms with Crippen LogP contribution in [-0.2, 0) is 4.79 Å². The summed E-state index contributed by atoms with van der Waals surface area (Å²) in [4.78, 5) is 12.1. The molecular weight excluding hydrogens is 250 g/mol. The summed E-state index contributed by atoms with van der Waals surface area (Å²) < 4.78 is 0. The Bertz CT molecular complexity index is 308. The van der Waals surface area contributed by atoms with Gasteiger partial charge in [0.25, 0.3) is 0 Å². The molecule has 0 saturated heterocycles. The summed E-state index contributed by atoms with van der Waals surface area (Å²) in [6, 6.07) is 0. The Kier molecular flexibility index (Phi) is 5.88. The normalized spacial score (nSPS) is 30.5. The molecule has 2 fully saturated rings. The third kappa shape index (κ3) is 5.08. The molecule has 2 rings (SSSR count). The third-order valence-corrected chi connectivity index (χ3v) is 5.17. The number of nitrogens with one attached hydrogen (secondary N) is 1. The first-order valence-electron chi connectivity index (χ1n) is 8.56. The van der Waals surface area contributed by atoms with E-state index in [2.05, 4.69) is 12.2 Å². The highest BCUT2D eigenvalue weighted by molar-refractivity contribution is 5.76. The second kappa shape index (κ2) is 7.44. The van der Waals surface area contributed by atoms with E-state index in [1.807, 2.05) is 0 Å². The van der Waals surface area contributed by atoms with Crippen LogP contribution in [0.4, 0.5) is 0 Å². The summed E-state index contributed by atoms with van der Waals surface area (Å²) in [7, 11) is 0. The zero-order valence-corrected chi connectivity index (χ0v) is 13.0. The quantitative estimate of drug-likeness (QED) is 0.776. The van der Waals surface area contributed by atoms with Crippen LogP contribution in [0.15, 0.2) is 0 Å². The van der Waals surface area contributed by atoms with Gasteiger partial charge in [-0.25, -0.2) is 0 Å². The van der Waals surface area contributed by atoms with Crippen molar-refractivity contribution in [1.29, 1.82) is 0 Å². The molecule has 3 heteroatoms. The van der Waals surface area contributed by atoms with Crippen LogP contribution >= 0.6 is 0 Å². The van der Waals surface area contributed by atoms with Gasteiger partial charge in [0.1, 0.15) is 0 Å². The van der Waals surface area contributed by atoms with Crippen molar-refractivity contribution in [2.75, 3.05) is 6.54 Å². The van der Waals surface area contributed by atoms with E-state index in [-0.39, 0.29) is 5.91 Å². The summed E-state index contributed by atoms with van der Waals surface area (Å²) in [5.74, 6) is 1.47. The van der Waals surface area contributed by atoms with Gasteiger partial charge < -0.3 is 10.4 Å². The van der Waals surface area contributed by atoms with E-state index in [1.54, 1.807) is 0 Å². The van der Waals surface area contributed by atoms with Crippen molar-refractivity contribution in [2.45, 2.75) is 83.2 Å². The van der Waals surface area contributed by atoms with Gasteiger partial charge in [-0.1, -0.05) is 45.4 Å². The first kappa shape index (κ1) is 15.8. The average molecular weight is 281 g/mol. The molecule has 20 heavy (non-hydrogen) atoms. The standard InChI is InChI=1S/C17H31NO2/c1-14-7-6-8-15(11-14)12-16(19)18-13-17(20)9-4-2-3-5-10-17/h14-15,20H,2-13H2,1H3,(H,18,19)/t14-,15-/m0/s1. The first-order chi connectivity index (χ1) is 9.57. The molecule has 0 heterocycles. The Balaban J connectivity index is 1.71. The Labute approximate surface area is 123 Å². The molecule has 0 unspecified atom stereocenters. The van der Waals surface area contributed by atoms with E-state index in [0.29, 0.717) is 18.9 Å². The molecule has 0 bridgehead atoms. The molecule has 2 N–H and O–H groups in total. The zero-order chi connectivity index (χ0) is 14.4. The topological polar surface area (TPSA) is 49.3 Å². The van der Waals surface area contributed by atoms with Gasteiger partial charge in [0, 0.05) is 13.0 Å². The van der Waals surface area contributed by atoms with Gasteiger partial charge in [-0.3, -0.25) is 4.79 Å². The molecule has 0 aromatic rings. The van der Waals surface area contributed by atoms with Crippen molar-refractivity contribution >= 4 is 5.91 Å². The fraction of sp³-hybridized carbons (Fsp3) is 0.941. The third-order valence-electron chi connectivity index (χ3n) is 5.17. The summed E-state index contributed by atoms with van der Waals surface area (Å²) in [6.07, 6.45) is 11.9. The molecule has 0 spiro atoms. The Morgan fingerprint density at radius 1 is 1.15 bits per heavy atom. The van der Waals surface area contributed by atoms with E-state index < -0.39 is 5.60 Å². The monoisotopic (exact) mass is 281 g/mol. The number of aliphatic hydroxyl groups is 1. The van der Waals surface area contributed by atoms with Crippen LogP contribution in [-0.4, -0.2) is 23.2 Å². The maximum absolute atomic E-state index is 12.1. The number of rotatable bonds is 4. The molecule has 3 nitrogen and oxygen atoms in total. The highest BCUT2D eigenvalue weighted by Gasteiger charge is 2.29. The lowest BCUT2D eigenvalue weighted by molar-refractivity contribution is -0.123. The van der Waals surface area contributed by atoms with E-state index >= 15 is 0 Å². The zero-order valence-electron chi connectivity index (χ0n) is 13.0. The summed E-state index contributed by atoms with van der Waals surface area (Å²) >= 11 is 0. The Morgan fingerprint density at radius 2 is 1.85 bits per heavy atom. The summed E-state index contributed by atoms with van der Waals surface area (Å²) in [5, 5.41) is 13.5. The SMILES string of the molecule is C[C@H]1CCC[C@H](CC(=O)NCC2(O)CCCCCC2)C1. The van der Waals surface area contributed by atoms with Crippen LogP contribution < -0.4 is 5.32 Å². The molecule has 0 radical (unpaired) electrons. The van der Waals surface area contributed by atoms with Gasteiger partial charge >= 0.3 is 0 Å². The van der Waals surface area contributed by atoms with E-state index in [1.165, 1.54) is 38.5 Å². The van der Waals surface area contributed by atoms with Crippen molar-refractivity contribution < 1.29 is 9.90 Å². The van der Waals surface area contributed by atoms with Gasteiger partial charge in [0.2, 0.25) is 5.91 Å². The maximum atomic E-state index is 12.1. The molecule has 0 aromatic carbocycles. The van der Waals surface area contributed by atoms with Crippen LogP contribution in [0.5, 0.6) is 0 Å². The minimum Gasteiger partial charge on any atom is -0.388 e. The van der Waals surface area contributed by atoms with E-state index in [0.717, 1.165) is 31.6 Å². The number of hydrogen-bond donors (Lipinski definition) is 2. The molecule has 116 valence electrons. The van der Waals surface area contributed by atoms with Crippen molar-refractivity contribution in [1.82, 2.24) is 5.32 Å².